The fourth-order valence-electron chi connectivity index (χ4n) is 2.85. The molecular weight excluding hydrogens is 406 g/mol. The number of hydrogen-bond donors (Lipinski definition) is 1. The number of unbranched alkanes of at least 4 members (excludes halogenated alkanes) is 2. The number of amides is 1. The van der Waals surface area contributed by atoms with E-state index in [-0.39, 0.29) is 35.3 Å². The first-order chi connectivity index (χ1) is 14.0. The predicted molar refractivity (Wildman–Crippen MR) is 121 cm³/mol. The Morgan fingerprint density at radius 2 is 1.83 bits per heavy atom. The smallest absolute Gasteiger partial charge is 0.311 e. The summed E-state index contributed by atoms with van der Waals surface area (Å²) < 4.78 is 5.62. The SMILES string of the molecule is CN(C)CCNC(=O)c1ccc(OCCCCCc2ccccc2)c([N+](=O)[O-])c1.Cl. The van der Waals surface area contributed by atoms with Crippen LogP contribution in [0.5, 0.6) is 5.75 Å². The summed E-state index contributed by atoms with van der Waals surface area (Å²) in [7, 11) is 3.82. The number of carbonyl (C=O) groups is 1. The van der Waals surface area contributed by atoms with Crippen LogP contribution in [-0.2, 0) is 6.42 Å². The topological polar surface area (TPSA) is 84.7 Å². The number of nitrogens with one attached hydrogen (secondary N) is 1. The normalized spacial score (nSPS) is 10.4. The van der Waals surface area contributed by atoms with E-state index in [9.17, 15) is 14.9 Å². The van der Waals surface area contributed by atoms with Crippen LogP contribution in [0.1, 0.15) is 35.2 Å². The molecule has 0 aromatic heterocycles. The van der Waals surface area contributed by atoms with Gasteiger partial charge in [-0.2, -0.15) is 0 Å². The van der Waals surface area contributed by atoms with Gasteiger partial charge in [0, 0.05) is 24.7 Å². The zero-order chi connectivity index (χ0) is 21.1. The summed E-state index contributed by atoms with van der Waals surface area (Å²) in [5.74, 6) is -0.134. The van der Waals surface area contributed by atoms with E-state index in [1.165, 1.54) is 17.7 Å². The van der Waals surface area contributed by atoms with Gasteiger partial charge in [-0.15, -0.1) is 12.4 Å². The Bertz CT molecular complexity index is 800. The van der Waals surface area contributed by atoms with E-state index in [1.807, 2.05) is 37.2 Å². The van der Waals surface area contributed by atoms with E-state index in [0.717, 1.165) is 25.7 Å². The van der Waals surface area contributed by atoms with Gasteiger partial charge in [0.05, 0.1) is 11.5 Å². The number of aryl methyl sites for hydroxylation is 1. The van der Waals surface area contributed by atoms with Crippen LogP contribution in [0.2, 0.25) is 0 Å². The lowest BCUT2D eigenvalue weighted by Gasteiger charge is -2.11. The molecule has 1 N–H and O–H groups in total. The van der Waals surface area contributed by atoms with Crippen molar-refractivity contribution in [3.05, 3.63) is 69.8 Å². The minimum atomic E-state index is -0.513. The van der Waals surface area contributed by atoms with Crippen molar-refractivity contribution >= 4 is 24.0 Å². The average molecular weight is 436 g/mol. The van der Waals surface area contributed by atoms with Gasteiger partial charge in [0.2, 0.25) is 0 Å². The minimum absolute atomic E-state index is 0. The van der Waals surface area contributed by atoms with Crippen molar-refractivity contribution < 1.29 is 14.5 Å². The summed E-state index contributed by atoms with van der Waals surface area (Å²) in [6.07, 6.45) is 3.85. The third-order valence-electron chi connectivity index (χ3n) is 4.47. The number of rotatable bonds is 12. The second-order valence-corrected chi connectivity index (χ2v) is 7.14. The molecule has 0 fully saturated rings. The summed E-state index contributed by atoms with van der Waals surface area (Å²) in [6, 6.07) is 14.6. The molecule has 0 aliphatic carbocycles. The molecule has 30 heavy (non-hydrogen) atoms. The van der Waals surface area contributed by atoms with Crippen LogP contribution in [0.15, 0.2) is 48.5 Å². The Balaban J connectivity index is 0.00000450. The van der Waals surface area contributed by atoms with E-state index < -0.39 is 4.92 Å². The van der Waals surface area contributed by atoms with E-state index in [0.29, 0.717) is 19.7 Å². The summed E-state index contributed by atoms with van der Waals surface area (Å²) in [5, 5.41) is 14.1. The number of nitro benzene ring substituents is 1. The molecule has 2 rings (SSSR count). The van der Waals surface area contributed by atoms with Crippen LogP contribution in [0.4, 0.5) is 5.69 Å². The third kappa shape index (κ3) is 8.80. The quantitative estimate of drug-likeness (QED) is 0.308. The second kappa shape index (κ2) is 13.6. The Morgan fingerprint density at radius 3 is 2.50 bits per heavy atom. The first kappa shape index (κ1) is 25.4. The van der Waals surface area contributed by atoms with Gasteiger partial charge >= 0.3 is 5.69 Å². The summed E-state index contributed by atoms with van der Waals surface area (Å²) >= 11 is 0. The lowest BCUT2D eigenvalue weighted by molar-refractivity contribution is -0.385. The predicted octanol–water partition coefficient (Wildman–Crippen LogP) is 4.10. The standard InChI is InChI=1S/C22H29N3O4.ClH/c1-24(2)15-14-23-22(26)19-12-13-21(20(17-19)25(27)28)29-16-8-4-7-11-18-9-5-3-6-10-18;/h3,5-6,9-10,12-13,17H,4,7-8,11,14-16H2,1-2H3,(H,23,26);1H. The van der Waals surface area contributed by atoms with Crippen LogP contribution in [0.25, 0.3) is 0 Å². The molecule has 0 aliphatic heterocycles. The molecule has 0 saturated carbocycles. The molecule has 0 spiro atoms. The van der Waals surface area contributed by atoms with Gasteiger partial charge in [-0.3, -0.25) is 14.9 Å². The van der Waals surface area contributed by atoms with Crippen molar-refractivity contribution in [2.75, 3.05) is 33.8 Å². The molecule has 0 unspecified atom stereocenters. The van der Waals surface area contributed by atoms with Crippen LogP contribution < -0.4 is 10.1 Å². The van der Waals surface area contributed by atoms with Crippen LogP contribution in [-0.4, -0.2) is 49.5 Å². The third-order valence-corrected chi connectivity index (χ3v) is 4.47. The molecule has 1 amide bonds. The monoisotopic (exact) mass is 435 g/mol. The molecule has 0 bridgehead atoms. The minimum Gasteiger partial charge on any atom is -0.487 e. The maximum atomic E-state index is 12.2. The first-order valence-electron chi connectivity index (χ1n) is 9.85. The number of nitrogens with zero attached hydrogens (tertiary/aromatic N) is 2. The molecule has 164 valence electrons. The van der Waals surface area contributed by atoms with Crippen LogP contribution in [0.3, 0.4) is 0 Å². The van der Waals surface area contributed by atoms with Crippen molar-refractivity contribution in [1.29, 1.82) is 0 Å². The van der Waals surface area contributed by atoms with Gasteiger partial charge < -0.3 is 15.0 Å². The fourth-order valence-corrected chi connectivity index (χ4v) is 2.85. The van der Waals surface area contributed by atoms with Crippen molar-refractivity contribution in [3.8, 4) is 5.75 Å². The average Bonchev–Trinajstić information content (AvgIpc) is 2.71. The van der Waals surface area contributed by atoms with Gasteiger partial charge in [-0.25, -0.2) is 0 Å². The van der Waals surface area contributed by atoms with Gasteiger partial charge in [0.15, 0.2) is 5.75 Å². The number of hydrogen-bond acceptors (Lipinski definition) is 5. The van der Waals surface area contributed by atoms with Crippen molar-refractivity contribution in [3.63, 3.8) is 0 Å². The zero-order valence-corrected chi connectivity index (χ0v) is 18.3. The second-order valence-electron chi connectivity index (χ2n) is 7.14. The molecule has 0 aliphatic rings. The lowest BCUT2D eigenvalue weighted by Crippen LogP contribution is -2.31. The maximum absolute atomic E-state index is 12.2. The molecular formula is C22H30ClN3O4. The van der Waals surface area contributed by atoms with Crippen molar-refractivity contribution in [2.24, 2.45) is 0 Å². The highest BCUT2D eigenvalue weighted by Gasteiger charge is 2.18. The van der Waals surface area contributed by atoms with Crippen LogP contribution >= 0.6 is 12.4 Å². The molecule has 2 aromatic carbocycles. The zero-order valence-electron chi connectivity index (χ0n) is 17.5. The fraction of sp³-hybridized carbons (Fsp3) is 0.409. The number of nitro groups is 1. The molecule has 0 heterocycles. The van der Waals surface area contributed by atoms with Crippen molar-refractivity contribution in [2.45, 2.75) is 25.7 Å². The van der Waals surface area contributed by atoms with Gasteiger partial charge in [-0.1, -0.05) is 30.3 Å². The molecule has 2 aromatic rings. The Morgan fingerprint density at radius 1 is 1.10 bits per heavy atom. The number of carbonyl (C=O) groups excluding carboxylic acids is 1. The van der Waals surface area contributed by atoms with Crippen molar-refractivity contribution in [1.82, 2.24) is 10.2 Å². The summed E-state index contributed by atoms with van der Waals surface area (Å²) in [5.41, 5.74) is 1.38. The first-order valence-corrected chi connectivity index (χ1v) is 9.85. The number of ether oxygens (including phenoxy) is 1. The van der Waals surface area contributed by atoms with Crippen LogP contribution in [0, 0.1) is 10.1 Å². The Kier molecular flexibility index (Phi) is 11.5. The van der Waals surface area contributed by atoms with Gasteiger partial charge in [-0.05, 0) is 57.5 Å². The van der Waals surface area contributed by atoms with E-state index in [4.69, 9.17) is 4.74 Å². The van der Waals surface area contributed by atoms with E-state index in [2.05, 4.69) is 17.4 Å². The lowest BCUT2D eigenvalue weighted by atomic mass is 10.1. The highest BCUT2D eigenvalue weighted by molar-refractivity contribution is 5.95. The molecule has 8 heteroatoms. The number of halogens is 1. The molecule has 7 nitrogen and oxygen atoms in total. The highest BCUT2D eigenvalue weighted by Crippen LogP contribution is 2.28. The molecule has 0 saturated heterocycles. The Hall–Kier alpha value is -2.64. The van der Waals surface area contributed by atoms with Gasteiger partial charge in [0.25, 0.3) is 5.91 Å². The Labute approximate surface area is 184 Å². The highest BCUT2D eigenvalue weighted by atomic mass is 35.5. The van der Waals surface area contributed by atoms with E-state index in [1.54, 1.807) is 6.07 Å². The van der Waals surface area contributed by atoms with E-state index >= 15 is 0 Å². The number of benzene rings is 2. The molecule has 0 radical (unpaired) electrons. The largest absolute Gasteiger partial charge is 0.487 e. The number of likely N-dealkylation sites (N-methyl/N-ethyl adjacent to an activating group) is 1. The van der Waals surface area contributed by atoms with Gasteiger partial charge in [0.1, 0.15) is 0 Å². The maximum Gasteiger partial charge on any atom is 0.311 e. The molecule has 0 atom stereocenters. The summed E-state index contributed by atoms with van der Waals surface area (Å²) in [4.78, 5) is 25.0. The summed E-state index contributed by atoms with van der Waals surface area (Å²) in [6.45, 7) is 1.57.